The van der Waals surface area contributed by atoms with Crippen molar-refractivity contribution in [3.8, 4) is 5.75 Å². The van der Waals surface area contributed by atoms with Gasteiger partial charge in [-0.25, -0.2) is 9.78 Å². The minimum atomic E-state index is -0.366. The number of hydrogen-bond acceptors (Lipinski definition) is 5. The van der Waals surface area contributed by atoms with Gasteiger partial charge in [0.15, 0.2) is 11.2 Å². The van der Waals surface area contributed by atoms with Crippen molar-refractivity contribution in [3.05, 3.63) is 57.0 Å². The van der Waals surface area contributed by atoms with Gasteiger partial charge >= 0.3 is 5.69 Å². The third-order valence-corrected chi connectivity index (χ3v) is 5.01. The Morgan fingerprint density at radius 2 is 1.82 bits per heavy atom. The fraction of sp³-hybridized carbons (Fsp3) is 0.450. The van der Waals surface area contributed by atoms with Gasteiger partial charge in [0.05, 0.1) is 6.33 Å². The molecule has 8 heteroatoms. The molecule has 28 heavy (non-hydrogen) atoms. The van der Waals surface area contributed by atoms with Crippen molar-refractivity contribution in [2.75, 3.05) is 6.54 Å². The number of fused-ring (bicyclic) bond motifs is 1. The molecule has 2 heterocycles. The van der Waals surface area contributed by atoms with Crippen molar-refractivity contribution >= 4 is 11.2 Å². The lowest BCUT2D eigenvalue weighted by Crippen LogP contribution is -2.37. The van der Waals surface area contributed by atoms with E-state index in [9.17, 15) is 14.7 Å². The summed E-state index contributed by atoms with van der Waals surface area (Å²) >= 11 is 0. The summed E-state index contributed by atoms with van der Waals surface area (Å²) in [5.41, 5.74) is 1.40. The van der Waals surface area contributed by atoms with Crippen molar-refractivity contribution < 1.29 is 5.11 Å². The van der Waals surface area contributed by atoms with Gasteiger partial charge in [-0.05, 0) is 50.4 Å². The summed E-state index contributed by atoms with van der Waals surface area (Å²) in [6.07, 6.45) is 4.39. The van der Waals surface area contributed by atoms with Crippen molar-refractivity contribution in [3.63, 3.8) is 0 Å². The summed E-state index contributed by atoms with van der Waals surface area (Å²) in [5.74, 6) is 0.284. The lowest BCUT2D eigenvalue weighted by atomic mass is 10.1. The van der Waals surface area contributed by atoms with E-state index in [2.05, 4.69) is 17.2 Å². The molecular formula is C20H27N5O3. The molecule has 8 nitrogen and oxygen atoms in total. The molecule has 0 saturated carbocycles. The zero-order valence-electron chi connectivity index (χ0n) is 16.6. The van der Waals surface area contributed by atoms with Crippen LogP contribution in [0.2, 0.25) is 0 Å². The standard InChI is InChI=1S/C20H27N5O3/c1-14(12-15-6-8-16(26)9-7-15)21-10-4-5-11-25-13-22-18-17(25)19(27)24(3)20(28)23(18)2/h6-9,13-14,21,26H,4-5,10-12H2,1-3H3. The third-order valence-electron chi connectivity index (χ3n) is 5.01. The molecule has 0 aliphatic rings. The Balaban J connectivity index is 1.51. The topological polar surface area (TPSA) is 94.1 Å². The SMILES string of the molecule is CC(Cc1ccc(O)cc1)NCCCCn1cnc2c1c(=O)n(C)c(=O)n2C. The van der Waals surface area contributed by atoms with Gasteiger partial charge in [-0.3, -0.25) is 13.9 Å². The first-order valence-corrected chi connectivity index (χ1v) is 9.50. The number of aromatic nitrogens is 4. The lowest BCUT2D eigenvalue weighted by Gasteiger charge is -2.14. The second-order valence-electron chi connectivity index (χ2n) is 7.25. The van der Waals surface area contributed by atoms with Crippen LogP contribution in [0.1, 0.15) is 25.3 Å². The molecule has 1 aromatic carbocycles. The van der Waals surface area contributed by atoms with Gasteiger partial charge in [0, 0.05) is 26.7 Å². The van der Waals surface area contributed by atoms with Crippen LogP contribution in [0.3, 0.4) is 0 Å². The highest BCUT2D eigenvalue weighted by atomic mass is 16.3. The molecule has 0 amide bonds. The molecule has 0 bridgehead atoms. The Bertz CT molecular complexity index is 1060. The predicted molar refractivity (Wildman–Crippen MR) is 109 cm³/mol. The summed E-state index contributed by atoms with van der Waals surface area (Å²) in [6.45, 7) is 3.70. The Hall–Kier alpha value is -2.87. The summed E-state index contributed by atoms with van der Waals surface area (Å²) in [4.78, 5) is 28.6. The Labute approximate surface area is 163 Å². The van der Waals surface area contributed by atoms with Crippen molar-refractivity contribution in [2.45, 2.75) is 38.8 Å². The molecule has 0 fully saturated rings. The van der Waals surface area contributed by atoms with Crippen LogP contribution in [0.4, 0.5) is 0 Å². The molecule has 0 aliphatic heterocycles. The fourth-order valence-electron chi connectivity index (χ4n) is 3.38. The van der Waals surface area contributed by atoms with Gasteiger partial charge in [0.2, 0.25) is 0 Å². The zero-order valence-corrected chi connectivity index (χ0v) is 16.6. The van der Waals surface area contributed by atoms with Crippen LogP contribution in [-0.4, -0.2) is 36.4 Å². The summed E-state index contributed by atoms with van der Waals surface area (Å²) in [7, 11) is 3.11. The number of hydrogen-bond donors (Lipinski definition) is 2. The van der Waals surface area contributed by atoms with E-state index >= 15 is 0 Å². The van der Waals surface area contributed by atoms with Gasteiger partial charge < -0.3 is 15.0 Å². The first-order chi connectivity index (χ1) is 13.4. The van der Waals surface area contributed by atoms with Crippen LogP contribution >= 0.6 is 0 Å². The maximum atomic E-state index is 12.4. The molecule has 1 unspecified atom stereocenters. The molecule has 0 aliphatic carbocycles. The average Bonchev–Trinajstić information content (AvgIpc) is 3.10. The number of unbranched alkanes of at least 4 members (excludes halogenated alkanes) is 1. The first-order valence-electron chi connectivity index (χ1n) is 9.50. The molecule has 0 spiro atoms. The predicted octanol–water partition coefficient (Wildman–Crippen LogP) is 1.14. The van der Waals surface area contributed by atoms with E-state index in [-0.39, 0.29) is 17.0 Å². The Morgan fingerprint density at radius 1 is 1.11 bits per heavy atom. The zero-order chi connectivity index (χ0) is 20.3. The number of aryl methyl sites for hydroxylation is 2. The number of nitrogens with one attached hydrogen (secondary N) is 1. The quantitative estimate of drug-likeness (QED) is 0.567. The molecule has 1 atom stereocenters. The van der Waals surface area contributed by atoms with E-state index in [1.165, 1.54) is 17.2 Å². The van der Waals surface area contributed by atoms with Crippen LogP contribution < -0.4 is 16.6 Å². The molecule has 0 saturated heterocycles. The maximum absolute atomic E-state index is 12.4. The van der Waals surface area contributed by atoms with Gasteiger partial charge in [-0.1, -0.05) is 12.1 Å². The average molecular weight is 385 g/mol. The molecule has 2 aromatic heterocycles. The van der Waals surface area contributed by atoms with Gasteiger partial charge in [0.1, 0.15) is 5.75 Å². The molecule has 2 N–H and O–H groups in total. The Morgan fingerprint density at radius 3 is 2.54 bits per heavy atom. The van der Waals surface area contributed by atoms with Crippen LogP contribution in [0.25, 0.3) is 11.2 Å². The van der Waals surface area contributed by atoms with Gasteiger partial charge in [0.25, 0.3) is 5.56 Å². The van der Waals surface area contributed by atoms with Crippen molar-refractivity contribution in [1.82, 2.24) is 24.0 Å². The van der Waals surface area contributed by atoms with Crippen molar-refractivity contribution in [2.24, 2.45) is 14.1 Å². The van der Waals surface area contributed by atoms with Crippen LogP contribution in [0, 0.1) is 0 Å². The minimum Gasteiger partial charge on any atom is -0.508 e. The lowest BCUT2D eigenvalue weighted by molar-refractivity contribution is 0.474. The van der Waals surface area contributed by atoms with Crippen LogP contribution in [0.15, 0.2) is 40.2 Å². The second kappa shape index (κ2) is 8.43. The highest BCUT2D eigenvalue weighted by Crippen LogP contribution is 2.11. The fourth-order valence-corrected chi connectivity index (χ4v) is 3.38. The number of phenolic OH excluding ortho intramolecular Hbond substituents is 1. The number of nitrogens with zero attached hydrogens (tertiary/aromatic N) is 4. The Kier molecular flexibility index (Phi) is 5.99. The summed E-state index contributed by atoms with van der Waals surface area (Å²) < 4.78 is 4.35. The molecule has 150 valence electrons. The van der Waals surface area contributed by atoms with Gasteiger partial charge in [-0.15, -0.1) is 0 Å². The monoisotopic (exact) mass is 385 g/mol. The number of imidazole rings is 1. The highest BCUT2D eigenvalue weighted by Gasteiger charge is 2.13. The van der Waals surface area contributed by atoms with E-state index in [4.69, 9.17) is 0 Å². The number of phenols is 1. The summed E-state index contributed by atoms with van der Waals surface area (Å²) in [6, 6.07) is 7.62. The van der Waals surface area contributed by atoms with E-state index in [1.807, 2.05) is 16.7 Å². The molecular weight excluding hydrogens is 358 g/mol. The smallest absolute Gasteiger partial charge is 0.332 e. The van der Waals surface area contributed by atoms with Crippen molar-refractivity contribution in [1.29, 1.82) is 0 Å². The summed E-state index contributed by atoms with van der Waals surface area (Å²) in [5, 5.41) is 12.8. The van der Waals surface area contributed by atoms with Crippen LogP contribution in [0.5, 0.6) is 5.75 Å². The highest BCUT2D eigenvalue weighted by molar-refractivity contribution is 5.69. The van der Waals surface area contributed by atoms with E-state index in [0.717, 1.165) is 30.4 Å². The number of rotatable bonds is 8. The largest absolute Gasteiger partial charge is 0.508 e. The van der Waals surface area contributed by atoms with Gasteiger partial charge in [-0.2, -0.15) is 0 Å². The van der Waals surface area contributed by atoms with E-state index in [0.29, 0.717) is 23.8 Å². The maximum Gasteiger partial charge on any atom is 0.332 e. The number of aromatic hydroxyl groups is 1. The minimum absolute atomic E-state index is 0.284. The second-order valence-corrected chi connectivity index (χ2v) is 7.25. The van der Waals surface area contributed by atoms with E-state index < -0.39 is 0 Å². The molecule has 3 rings (SSSR count). The molecule has 3 aromatic rings. The van der Waals surface area contributed by atoms with Crippen LogP contribution in [-0.2, 0) is 27.1 Å². The molecule has 0 radical (unpaired) electrons. The number of benzene rings is 1. The van der Waals surface area contributed by atoms with E-state index in [1.54, 1.807) is 25.5 Å². The first kappa shape index (κ1) is 19.9. The normalized spacial score (nSPS) is 12.5. The third kappa shape index (κ3) is 4.17.